The van der Waals surface area contributed by atoms with Crippen molar-refractivity contribution < 1.29 is 4.74 Å². The summed E-state index contributed by atoms with van der Waals surface area (Å²) in [7, 11) is 0. The first-order valence-electron chi connectivity index (χ1n) is 6.72. The van der Waals surface area contributed by atoms with Crippen LogP contribution < -0.4 is 5.32 Å². The Morgan fingerprint density at radius 3 is 2.81 bits per heavy atom. The highest BCUT2D eigenvalue weighted by atomic mass is 16.5. The number of ether oxygens (including phenoxy) is 1. The number of hydrogen-bond donors (Lipinski definition) is 1. The molecule has 0 aromatic heterocycles. The SMILES string of the molecule is CCOCCN1CC(C)(C2CC2)NCC1C. The number of nitrogens with zero attached hydrogens (tertiary/aromatic N) is 1. The molecule has 0 bridgehead atoms. The molecule has 2 atom stereocenters. The van der Waals surface area contributed by atoms with E-state index in [1.807, 2.05) is 0 Å². The van der Waals surface area contributed by atoms with Crippen molar-refractivity contribution in [2.24, 2.45) is 5.92 Å². The fourth-order valence-electron chi connectivity index (χ4n) is 2.76. The van der Waals surface area contributed by atoms with Crippen LogP contribution in [0.4, 0.5) is 0 Å². The lowest BCUT2D eigenvalue weighted by Crippen LogP contribution is -2.63. The Bertz CT molecular complexity index is 230. The molecule has 1 heterocycles. The second kappa shape index (κ2) is 5.03. The van der Waals surface area contributed by atoms with E-state index in [9.17, 15) is 0 Å². The van der Waals surface area contributed by atoms with Crippen LogP contribution in [0.5, 0.6) is 0 Å². The average molecular weight is 226 g/mol. The summed E-state index contributed by atoms with van der Waals surface area (Å²) in [5, 5.41) is 3.75. The third-order valence-electron chi connectivity index (χ3n) is 4.16. The molecule has 1 aliphatic heterocycles. The first-order chi connectivity index (χ1) is 7.65. The summed E-state index contributed by atoms with van der Waals surface area (Å²) in [5.41, 5.74) is 0.360. The van der Waals surface area contributed by atoms with Crippen LogP contribution in [0.2, 0.25) is 0 Å². The molecule has 3 heteroatoms. The van der Waals surface area contributed by atoms with Crippen molar-refractivity contribution in [2.75, 3.05) is 32.8 Å². The van der Waals surface area contributed by atoms with E-state index in [2.05, 4.69) is 31.0 Å². The summed E-state index contributed by atoms with van der Waals surface area (Å²) in [4.78, 5) is 2.59. The van der Waals surface area contributed by atoms with E-state index in [1.165, 1.54) is 19.4 Å². The van der Waals surface area contributed by atoms with Crippen molar-refractivity contribution in [1.82, 2.24) is 10.2 Å². The molecule has 0 amide bonds. The van der Waals surface area contributed by atoms with Crippen molar-refractivity contribution in [3.63, 3.8) is 0 Å². The van der Waals surface area contributed by atoms with Gasteiger partial charge in [0.1, 0.15) is 0 Å². The lowest BCUT2D eigenvalue weighted by Gasteiger charge is -2.45. The molecule has 2 rings (SSSR count). The van der Waals surface area contributed by atoms with Crippen molar-refractivity contribution in [2.45, 2.75) is 45.2 Å². The first-order valence-corrected chi connectivity index (χ1v) is 6.72. The minimum absolute atomic E-state index is 0.360. The molecule has 1 saturated carbocycles. The zero-order chi connectivity index (χ0) is 11.6. The van der Waals surface area contributed by atoms with Crippen molar-refractivity contribution in [3.05, 3.63) is 0 Å². The monoisotopic (exact) mass is 226 g/mol. The summed E-state index contributed by atoms with van der Waals surface area (Å²) in [6, 6.07) is 0.646. The van der Waals surface area contributed by atoms with Crippen LogP contribution in [0.3, 0.4) is 0 Å². The van der Waals surface area contributed by atoms with Crippen LogP contribution in [0.1, 0.15) is 33.6 Å². The standard InChI is InChI=1S/C13H26N2O/c1-4-16-8-7-15-10-13(3,12-5-6-12)14-9-11(15)2/h11-12,14H,4-10H2,1-3H3. The van der Waals surface area contributed by atoms with E-state index < -0.39 is 0 Å². The predicted octanol–water partition coefficient (Wildman–Crippen LogP) is 1.49. The molecule has 0 aromatic rings. The van der Waals surface area contributed by atoms with Crippen LogP contribution in [-0.2, 0) is 4.74 Å². The van der Waals surface area contributed by atoms with Crippen molar-refractivity contribution >= 4 is 0 Å². The first kappa shape index (κ1) is 12.3. The Hall–Kier alpha value is -0.120. The van der Waals surface area contributed by atoms with Gasteiger partial charge < -0.3 is 10.1 Å². The maximum Gasteiger partial charge on any atom is 0.0593 e. The summed E-state index contributed by atoms with van der Waals surface area (Å²) in [6.07, 6.45) is 2.83. The second-order valence-corrected chi connectivity index (χ2v) is 5.59. The molecule has 94 valence electrons. The summed E-state index contributed by atoms with van der Waals surface area (Å²) in [6.45, 7) is 11.9. The summed E-state index contributed by atoms with van der Waals surface area (Å²) in [5.74, 6) is 0.912. The van der Waals surface area contributed by atoms with Gasteiger partial charge in [-0.05, 0) is 39.5 Å². The van der Waals surface area contributed by atoms with Crippen LogP contribution in [0.25, 0.3) is 0 Å². The van der Waals surface area contributed by atoms with Crippen LogP contribution >= 0.6 is 0 Å². The van der Waals surface area contributed by atoms with Gasteiger partial charge in [0, 0.05) is 37.8 Å². The molecule has 2 aliphatic rings. The topological polar surface area (TPSA) is 24.5 Å². The minimum atomic E-state index is 0.360. The Labute approximate surface area is 99.5 Å². The molecule has 16 heavy (non-hydrogen) atoms. The molecule has 2 unspecified atom stereocenters. The minimum Gasteiger partial charge on any atom is -0.380 e. The quantitative estimate of drug-likeness (QED) is 0.719. The summed E-state index contributed by atoms with van der Waals surface area (Å²) >= 11 is 0. The smallest absolute Gasteiger partial charge is 0.0593 e. The van der Waals surface area contributed by atoms with E-state index in [1.54, 1.807) is 0 Å². The fraction of sp³-hybridized carbons (Fsp3) is 1.00. The number of nitrogens with one attached hydrogen (secondary N) is 1. The molecule has 0 spiro atoms. The highest BCUT2D eigenvalue weighted by molar-refractivity contribution is 5.03. The fourth-order valence-corrected chi connectivity index (χ4v) is 2.76. The number of rotatable bonds is 5. The number of hydrogen-bond acceptors (Lipinski definition) is 3. The normalized spacial score (nSPS) is 36.6. The highest BCUT2D eigenvalue weighted by Crippen LogP contribution is 2.41. The predicted molar refractivity (Wildman–Crippen MR) is 66.7 cm³/mol. The van der Waals surface area contributed by atoms with Gasteiger partial charge in [-0.3, -0.25) is 4.90 Å². The molecule has 1 saturated heterocycles. The van der Waals surface area contributed by atoms with Gasteiger partial charge in [0.25, 0.3) is 0 Å². The maximum atomic E-state index is 5.47. The number of piperazine rings is 1. The molecule has 3 nitrogen and oxygen atoms in total. The Morgan fingerprint density at radius 2 is 2.19 bits per heavy atom. The second-order valence-electron chi connectivity index (χ2n) is 5.59. The summed E-state index contributed by atoms with van der Waals surface area (Å²) < 4.78 is 5.47. The van der Waals surface area contributed by atoms with Gasteiger partial charge in [0.05, 0.1) is 6.61 Å². The molecule has 0 radical (unpaired) electrons. The molecule has 1 aliphatic carbocycles. The third-order valence-corrected chi connectivity index (χ3v) is 4.16. The van der Waals surface area contributed by atoms with E-state index in [0.717, 1.165) is 32.2 Å². The van der Waals surface area contributed by atoms with E-state index in [0.29, 0.717) is 11.6 Å². The van der Waals surface area contributed by atoms with Gasteiger partial charge >= 0.3 is 0 Å². The Kier molecular flexibility index (Phi) is 3.88. The van der Waals surface area contributed by atoms with Crippen molar-refractivity contribution in [1.29, 1.82) is 0 Å². The lowest BCUT2D eigenvalue weighted by atomic mass is 9.91. The molecule has 0 aromatic carbocycles. The van der Waals surface area contributed by atoms with E-state index in [-0.39, 0.29) is 0 Å². The van der Waals surface area contributed by atoms with Crippen LogP contribution in [-0.4, -0.2) is 49.3 Å². The van der Waals surface area contributed by atoms with Crippen molar-refractivity contribution in [3.8, 4) is 0 Å². The molecular weight excluding hydrogens is 200 g/mol. The largest absolute Gasteiger partial charge is 0.380 e. The molecule has 1 N–H and O–H groups in total. The van der Waals surface area contributed by atoms with Crippen LogP contribution in [0.15, 0.2) is 0 Å². The van der Waals surface area contributed by atoms with Gasteiger partial charge in [-0.2, -0.15) is 0 Å². The third kappa shape index (κ3) is 2.76. The van der Waals surface area contributed by atoms with E-state index in [4.69, 9.17) is 4.74 Å². The van der Waals surface area contributed by atoms with Gasteiger partial charge in [0.15, 0.2) is 0 Å². The van der Waals surface area contributed by atoms with E-state index >= 15 is 0 Å². The van der Waals surface area contributed by atoms with Gasteiger partial charge in [-0.25, -0.2) is 0 Å². The van der Waals surface area contributed by atoms with Gasteiger partial charge in [-0.1, -0.05) is 0 Å². The zero-order valence-corrected chi connectivity index (χ0v) is 11.0. The Morgan fingerprint density at radius 1 is 1.44 bits per heavy atom. The highest BCUT2D eigenvalue weighted by Gasteiger charge is 2.45. The zero-order valence-electron chi connectivity index (χ0n) is 11.0. The van der Waals surface area contributed by atoms with Gasteiger partial charge in [-0.15, -0.1) is 0 Å². The van der Waals surface area contributed by atoms with Crippen LogP contribution in [0, 0.1) is 5.92 Å². The van der Waals surface area contributed by atoms with Gasteiger partial charge in [0.2, 0.25) is 0 Å². The maximum absolute atomic E-state index is 5.47. The average Bonchev–Trinajstić information content (AvgIpc) is 3.08. The Balaban J connectivity index is 1.84. The molecular formula is C13H26N2O. The molecule has 2 fully saturated rings. The lowest BCUT2D eigenvalue weighted by molar-refractivity contribution is 0.0473.